The maximum atomic E-state index is 13.9. The smallest absolute Gasteiger partial charge is 0.326 e. The number of carbonyl (C=O) groups excluding carboxylic acids is 10. The van der Waals surface area contributed by atoms with E-state index in [9.17, 15) is 98.1 Å². The zero-order valence-electron chi connectivity index (χ0n) is 46.4. The van der Waals surface area contributed by atoms with Gasteiger partial charge in [-0.05, 0) is 78.1 Å². The Hall–Kier alpha value is -7.13. The Bertz CT molecular complexity index is 2280. The van der Waals surface area contributed by atoms with Crippen LogP contribution in [-0.2, 0) is 62.3 Å². The van der Waals surface area contributed by atoms with E-state index in [0.29, 0.717) is 6.42 Å². The number of aliphatic hydroxyl groups excluding tert-OH is 5. The van der Waals surface area contributed by atoms with E-state index in [0.717, 1.165) is 32.6 Å². The molecule has 10 amide bonds. The molecular weight excluding hydrogens is 1080 g/mol. The molecule has 32 nitrogen and oxygen atoms in total. The monoisotopic (exact) mass is 1160 g/mol. The van der Waals surface area contributed by atoms with Crippen LogP contribution in [0.5, 0.6) is 0 Å². The summed E-state index contributed by atoms with van der Waals surface area (Å²) in [6, 6.07) is -18.1. The zero-order valence-corrected chi connectivity index (χ0v) is 46.4. The fourth-order valence-corrected chi connectivity index (χ4v) is 8.85. The Morgan fingerprint density at radius 1 is 0.481 bits per heavy atom. The van der Waals surface area contributed by atoms with Gasteiger partial charge in [0.1, 0.15) is 60.4 Å². The first-order valence-electron chi connectivity index (χ1n) is 26.4. The number of amides is 10. The predicted octanol–water partition coefficient (Wildman–Crippen LogP) is -7.18. The van der Waals surface area contributed by atoms with Crippen LogP contribution >= 0.6 is 0 Å². The molecule has 2 saturated heterocycles. The predicted molar refractivity (Wildman–Crippen MR) is 278 cm³/mol. The third-order valence-electron chi connectivity index (χ3n) is 13.3. The van der Waals surface area contributed by atoms with Crippen LogP contribution in [-0.4, -0.2) is 238 Å². The number of carbonyl (C=O) groups is 13. The highest BCUT2D eigenvalue weighted by molar-refractivity contribution is 6.00. The van der Waals surface area contributed by atoms with E-state index in [1.54, 1.807) is 27.7 Å². The van der Waals surface area contributed by atoms with Crippen molar-refractivity contribution in [2.45, 2.75) is 198 Å². The summed E-state index contributed by atoms with van der Waals surface area (Å²) >= 11 is 0. The topological polar surface area (TPSA) is 512 Å². The number of nitrogens with two attached hydrogens (primary N) is 1. The number of likely N-dealkylation sites (tertiary alicyclic amines) is 2. The van der Waals surface area contributed by atoms with Crippen molar-refractivity contribution in [2.75, 3.05) is 19.7 Å². The maximum Gasteiger partial charge on any atom is 0.326 e. The van der Waals surface area contributed by atoms with E-state index in [4.69, 9.17) is 10.8 Å². The number of rotatable bonds is 32. The lowest BCUT2D eigenvalue weighted by molar-refractivity contribution is -0.146. The molecule has 32 heteroatoms. The van der Waals surface area contributed by atoms with Crippen molar-refractivity contribution in [1.29, 1.82) is 0 Å². The average Bonchev–Trinajstić information content (AvgIpc) is 4.07. The highest BCUT2D eigenvalue weighted by Crippen LogP contribution is 2.23. The fraction of sp³-hybridized carbons (Fsp3) is 0.735. The molecule has 0 aromatic rings. The Morgan fingerprint density at radius 2 is 0.877 bits per heavy atom. The SMILES string of the molecule is CC(C)C[C@H](NC(=O)[C@@H]1CCCN1C(=O)[C@@H](NC(=O)[C@H](CO)NC(=O)[C@@H](NC(=O)[C@@H](NC(=O)[C@@H](NC(=O)[C@@H](NC(=O)[C@@H]1CCCN1C(=O)[C@H](CCC(=O)O)NC(=O)[C@@H](N)CC(=O)O)[C@@H](C)O)[C@@H](C)O)[C@@H](C)O)[C@@H](C)O)C(C)C)C(=O)O. The molecule has 2 fully saturated rings. The highest BCUT2D eigenvalue weighted by Gasteiger charge is 2.44. The summed E-state index contributed by atoms with van der Waals surface area (Å²) in [6.45, 7) is 9.67. The normalized spacial score (nSPS) is 20.0. The second-order valence-electron chi connectivity index (χ2n) is 21.0. The number of aliphatic carboxylic acids is 3. The molecule has 2 rings (SSSR count). The highest BCUT2D eigenvalue weighted by atomic mass is 16.4. The molecule has 0 aliphatic carbocycles. The first-order chi connectivity index (χ1) is 37.6. The fourth-order valence-electron chi connectivity index (χ4n) is 8.85. The number of nitrogens with one attached hydrogen (secondary N) is 8. The third kappa shape index (κ3) is 21.0. The molecule has 0 radical (unpaired) electrons. The van der Waals surface area contributed by atoms with Gasteiger partial charge in [-0.1, -0.05) is 27.7 Å². The summed E-state index contributed by atoms with van der Waals surface area (Å²) in [5, 5.41) is 98.6. The van der Waals surface area contributed by atoms with E-state index in [2.05, 4.69) is 42.5 Å². The first kappa shape index (κ1) is 70.0. The maximum absolute atomic E-state index is 13.9. The van der Waals surface area contributed by atoms with Crippen molar-refractivity contribution < 1.29 is 103 Å². The van der Waals surface area contributed by atoms with Crippen LogP contribution in [0.25, 0.3) is 0 Å². The summed E-state index contributed by atoms with van der Waals surface area (Å²) in [6.07, 6.45) is -8.31. The number of hydrogen-bond acceptors (Lipinski definition) is 19. The minimum atomic E-state index is -2.03. The lowest BCUT2D eigenvalue weighted by Crippen LogP contribution is -2.65. The average molecular weight is 1160 g/mol. The van der Waals surface area contributed by atoms with Gasteiger partial charge in [-0.3, -0.25) is 57.5 Å². The summed E-state index contributed by atoms with van der Waals surface area (Å²) in [5.41, 5.74) is 5.62. The van der Waals surface area contributed by atoms with Crippen molar-refractivity contribution in [3.8, 4) is 0 Å². The minimum absolute atomic E-state index is 0.0379. The molecule has 0 aromatic carbocycles. The van der Waals surface area contributed by atoms with Gasteiger partial charge >= 0.3 is 17.9 Å². The van der Waals surface area contributed by atoms with Crippen molar-refractivity contribution in [2.24, 2.45) is 17.6 Å². The molecule has 18 N–H and O–H groups in total. The van der Waals surface area contributed by atoms with Gasteiger partial charge in [0.25, 0.3) is 0 Å². The molecule has 2 aliphatic rings. The van der Waals surface area contributed by atoms with Crippen molar-refractivity contribution in [1.82, 2.24) is 52.3 Å². The Kier molecular flexibility index (Phi) is 27.9. The molecule has 15 atom stereocenters. The van der Waals surface area contributed by atoms with Crippen molar-refractivity contribution >= 4 is 77.0 Å². The molecule has 0 bridgehead atoms. The van der Waals surface area contributed by atoms with Gasteiger partial charge in [-0.15, -0.1) is 0 Å². The van der Waals surface area contributed by atoms with E-state index >= 15 is 0 Å². The Morgan fingerprint density at radius 3 is 1.26 bits per heavy atom. The summed E-state index contributed by atoms with van der Waals surface area (Å²) in [7, 11) is 0. The van der Waals surface area contributed by atoms with Crippen LogP contribution in [0, 0.1) is 11.8 Å². The Balaban J connectivity index is 2.23. The number of hydrogen-bond donors (Lipinski definition) is 17. The van der Waals surface area contributed by atoms with Crippen molar-refractivity contribution in [3.05, 3.63) is 0 Å². The molecule has 2 heterocycles. The summed E-state index contributed by atoms with van der Waals surface area (Å²) in [5.74, 6) is -15.8. The van der Waals surface area contributed by atoms with Gasteiger partial charge < -0.3 is 98.9 Å². The second-order valence-corrected chi connectivity index (χ2v) is 21.0. The summed E-state index contributed by atoms with van der Waals surface area (Å²) < 4.78 is 0. The van der Waals surface area contributed by atoms with E-state index in [1.807, 2.05) is 0 Å². The molecule has 0 spiro atoms. The lowest BCUT2D eigenvalue weighted by Gasteiger charge is -2.32. The van der Waals surface area contributed by atoms with Crippen LogP contribution in [0.1, 0.15) is 107 Å². The standard InChI is InChI=1S/C49H81N11O21/c1-20(2)17-28(49(80)81)52-41(72)30-11-10-16-60(30)48(79)34(21(3)4)54-40(71)29(19-61)53-43(74)35(22(5)62)56-45(76)37(24(7)64)58-46(77)38(25(8)65)57-44(75)36(23(6)63)55-42(73)31-12-9-15-59(31)47(78)27(13-14-32(66)67)51-39(70)26(50)18-33(68)69/h20-31,34-38,61-65H,9-19,50H2,1-8H3,(H,51,70)(H,52,72)(H,53,74)(H,54,71)(H,55,73)(H,56,76)(H,57,75)(H,58,77)(H,66,67)(H,68,69)(H,80,81)/t22-,23-,24-,25-,26+,27+,28+,29+,30+,31+,34+,35+,36+,37+,38+/m1/s1. The number of carboxylic acids is 3. The zero-order chi connectivity index (χ0) is 61.9. The Labute approximate surface area is 466 Å². The van der Waals surface area contributed by atoms with Gasteiger partial charge in [0.2, 0.25) is 59.1 Å². The molecular formula is C49H81N11O21. The molecule has 0 aromatic heterocycles. The van der Waals surface area contributed by atoms with Crippen LogP contribution in [0.3, 0.4) is 0 Å². The van der Waals surface area contributed by atoms with Crippen LogP contribution in [0.4, 0.5) is 0 Å². The van der Waals surface area contributed by atoms with Gasteiger partial charge in [0.15, 0.2) is 0 Å². The first-order valence-corrected chi connectivity index (χ1v) is 26.4. The van der Waals surface area contributed by atoms with E-state index < -0.39 is 200 Å². The third-order valence-corrected chi connectivity index (χ3v) is 13.3. The van der Waals surface area contributed by atoms with E-state index in [-0.39, 0.29) is 44.7 Å². The number of carboxylic acid groups (broad SMARTS) is 3. The molecule has 458 valence electrons. The van der Waals surface area contributed by atoms with Crippen LogP contribution < -0.4 is 48.3 Å². The van der Waals surface area contributed by atoms with Crippen LogP contribution in [0.2, 0.25) is 0 Å². The van der Waals surface area contributed by atoms with E-state index in [1.165, 1.54) is 4.90 Å². The molecule has 2 aliphatic heterocycles. The van der Waals surface area contributed by atoms with Gasteiger partial charge in [0, 0.05) is 19.5 Å². The second kappa shape index (κ2) is 32.3. The number of nitrogens with zero attached hydrogens (tertiary/aromatic N) is 2. The number of aliphatic hydroxyl groups is 5. The molecule has 0 saturated carbocycles. The van der Waals surface area contributed by atoms with Gasteiger partial charge in [0.05, 0.1) is 43.5 Å². The summed E-state index contributed by atoms with van der Waals surface area (Å²) in [4.78, 5) is 172. The van der Waals surface area contributed by atoms with Gasteiger partial charge in [-0.25, -0.2) is 4.79 Å². The minimum Gasteiger partial charge on any atom is -0.481 e. The largest absolute Gasteiger partial charge is 0.481 e. The van der Waals surface area contributed by atoms with Gasteiger partial charge in [-0.2, -0.15) is 0 Å². The quantitative estimate of drug-likeness (QED) is 0.0298. The van der Waals surface area contributed by atoms with Crippen LogP contribution in [0.15, 0.2) is 0 Å². The van der Waals surface area contributed by atoms with Crippen molar-refractivity contribution in [3.63, 3.8) is 0 Å². The molecule has 0 unspecified atom stereocenters. The lowest BCUT2D eigenvalue weighted by atomic mass is 10.0. The molecule has 81 heavy (non-hydrogen) atoms.